The molecule has 2 heterocycles. The fourth-order valence-electron chi connectivity index (χ4n) is 2.84. The van der Waals surface area contributed by atoms with Gasteiger partial charge in [-0.25, -0.2) is 0 Å². The first-order chi connectivity index (χ1) is 11.6. The SMILES string of the molecule is COc1ccc(N2CCN(CC(O)c3cc(Cl)c(Cl)s3)CC2)cc1. The van der Waals surface area contributed by atoms with Gasteiger partial charge >= 0.3 is 0 Å². The monoisotopic (exact) mass is 386 g/mol. The molecule has 0 aliphatic carbocycles. The van der Waals surface area contributed by atoms with Crippen LogP contribution >= 0.6 is 34.5 Å². The normalized spacial score (nSPS) is 17.1. The molecule has 4 nitrogen and oxygen atoms in total. The lowest BCUT2D eigenvalue weighted by Crippen LogP contribution is -2.47. The molecule has 1 aromatic carbocycles. The van der Waals surface area contributed by atoms with Gasteiger partial charge in [-0.2, -0.15) is 0 Å². The number of β-amino-alcohol motifs (C(OH)–C–C–N with tert-alkyl or cyclic N) is 1. The Kier molecular flexibility index (Phi) is 5.89. The Hall–Kier alpha value is -0.980. The van der Waals surface area contributed by atoms with Crippen LogP contribution < -0.4 is 9.64 Å². The average Bonchev–Trinajstić information content (AvgIpc) is 2.95. The summed E-state index contributed by atoms with van der Waals surface area (Å²) in [5, 5.41) is 10.9. The number of aliphatic hydroxyl groups is 1. The topological polar surface area (TPSA) is 35.9 Å². The number of hydrogen-bond acceptors (Lipinski definition) is 5. The summed E-state index contributed by atoms with van der Waals surface area (Å²) in [6, 6.07) is 9.89. The van der Waals surface area contributed by atoms with Crippen molar-refractivity contribution < 1.29 is 9.84 Å². The maximum Gasteiger partial charge on any atom is 0.119 e. The van der Waals surface area contributed by atoms with Crippen molar-refractivity contribution in [1.82, 2.24) is 4.90 Å². The molecule has 2 aromatic rings. The summed E-state index contributed by atoms with van der Waals surface area (Å²) in [5.41, 5.74) is 1.20. The number of halogens is 2. The first-order valence-corrected chi connectivity index (χ1v) is 9.38. The molecule has 1 fully saturated rings. The standard InChI is InChI=1S/C17H20Cl2N2O2S/c1-23-13-4-2-12(3-5-13)21-8-6-20(7-9-21)11-15(22)16-10-14(18)17(19)24-16/h2-5,10,15,22H,6-9,11H2,1H3. The van der Waals surface area contributed by atoms with Gasteiger partial charge in [-0.3, -0.25) is 4.90 Å². The predicted molar refractivity (Wildman–Crippen MR) is 101 cm³/mol. The van der Waals surface area contributed by atoms with Crippen LogP contribution in [0.5, 0.6) is 5.75 Å². The molecule has 24 heavy (non-hydrogen) atoms. The van der Waals surface area contributed by atoms with Crippen molar-refractivity contribution in [2.75, 3.05) is 44.7 Å². The van der Waals surface area contributed by atoms with Crippen LogP contribution in [-0.2, 0) is 0 Å². The molecule has 1 unspecified atom stereocenters. The van der Waals surface area contributed by atoms with E-state index in [2.05, 4.69) is 21.9 Å². The maximum atomic E-state index is 10.4. The molecule has 0 saturated carbocycles. The van der Waals surface area contributed by atoms with E-state index in [1.807, 2.05) is 12.1 Å². The molecule has 3 rings (SSSR count). The van der Waals surface area contributed by atoms with Crippen LogP contribution in [0.2, 0.25) is 9.36 Å². The third-order valence-electron chi connectivity index (χ3n) is 4.23. The van der Waals surface area contributed by atoms with Crippen LogP contribution in [0.1, 0.15) is 11.0 Å². The van der Waals surface area contributed by atoms with E-state index in [0.29, 0.717) is 15.9 Å². The number of hydrogen-bond donors (Lipinski definition) is 1. The molecule has 7 heteroatoms. The summed E-state index contributed by atoms with van der Waals surface area (Å²) < 4.78 is 5.73. The van der Waals surface area contributed by atoms with Gasteiger partial charge in [0.25, 0.3) is 0 Å². The minimum atomic E-state index is -0.549. The summed E-state index contributed by atoms with van der Waals surface area (Å²) in [7, 11) is 1.67. The van der Waals surface area contributed by atoms with E-state index >= 15 is 0 Å². The minimum Gasteiger partial charge on any atom is -0.497 e. The van der Waals surface area contributed by atoms with Crippen molar-refractivity contribution in [1.29, 1.82) is 0 Å². The van der Waals surface area contributed by atoms with Crippen molar-refractivity contribution in [3.63, 3.8) is 0 Å². The van der Waals surface area contributed by atoms with Crippen molar-refractivity contribution in [3.05, 3.63) is 44.6 Å². The molecular weight excluding hydrogens is 367 g/mol. The molecule has 1 aliphatic heterocycles. The Morgan fingerprint density at radius 3 is 2.38 bits per heavy atom. The highest BCUT2D eigenvalue weighted by molar-refractivity contribution is 7.17. The summed E-state index contributed by atoms with van der Waals surface area (Å²) in [5.74, 6) is 0.869. The molecule has 1 aromatic heterocycles. The fourth-order valence-corrected chi connectivity index (χ4v) is 4.21. The van der Waals surface area contributed by atoms with Gasteiger partial charge in [0.05, 0.1) is 12.1 Å². The Balaban J connectivity index is 1.52. The van der Waals surface area contributed by atoms with Crippen molar-refractivity contribution in [3.8, 4) is 5.75 Å². The fraction of sp³-hybridized carbons (Fsp3) is 0.412. The number of anilines is 1. The number of aliphatic hydroxyl groups excluding tert-OH is 1. The van der Waals surface area contributed by atoms with Gasteiger partial charge in [0.15, 0.2) is 0 Å². The van der Waals surface area contributed by atoms with Gasteiger partial charge in [0, 0.05) is 43.3 Å². The van der Waals surface area contributed by atoms with Crippen LogP contribution in [0.4, 0.5) is 5.69 Å². The van der Waals surface area contributed by atoms with E-state index in [9.17, 15) is 5.11 Å². The van der Waals surface area contributed by atoms with Gasteiger partial charge in [-0.05, 0) is 30.3 Å². The molecule has 0 radical (unpaired) electrons. The zero-order valence-corrected chi connectivity index (χ0v) is 15.7. The summed E-state index contributed by atoms with van der Waals surface area (Å²) in [6.45, 7) is 4.30. The lowest BCUT2D eigenvalue weighted by Gasteiger charge is -2.36. The highest BCUT2D eigenvalue weighted by Crippen LogP contribution is 2.35. The smallest absolute Gasteiger partial charge is 0.119 e. The first-order valence-electron chi connectivity index (χ1n) is 7.81. The van der Waals surface area contributed by atoms with Crippen LogP contribution in [-0.4, -0.2) is 49.8 Å². The second kappa shape index (κ2) is 7.93. The molecule has 0 bridgehead atoms. The Morgan fingerprint density at radius 1 is 1.17 bits per heavy atom. The van der Waals surface area contributed by atoms with Crippen molar-refractivity contribution in [2.24, 2.45) is 0 Å². The maximum absolute atomic E-state index is 10.4. The number of benzene rings is 1. The summed E-state index contributed by atoms with van der Waals surface area (Å²) in [6.07, 6.45) is -0.549. The molecule has 1 saturated heterocycles. The molecular formula is C17H20Cl2N2O2S. The highest BCUT2D eigenvalue weighted by Gasteiger charge is 2.21. The zero-order chi connectivity index (χ0) is 17.1. The number of piperazine rings is 1. The van der Waals surface area contributed by atoms with Gasteiger partial charge in [0.2, 0.25) is 0 Å². The number of nitrogens with zero attached hydrogens (tertiary/aromatic N) is 2. The Morgan fingerprint density at radius 2 is 1.83 bits per heavy atom. The second-order valence-corrected chi connectivity index (χ2v) is 7.86. The van der Waals surface area contributed by atoms with Crippen LogP contribution in [0.3, 0.4) is 0 Å². The second-order valence-electron chi connectivity index (χ2n) is 5.77. The minimum absolute atomic E-state index is 0.514. The molecule has 1 N–H and O–H groups in total. The zero-order valence-electron chi connectivity index (χ0n) is 13.4. The predicted octanol–water partition coefficient (Wildman–Crippen LogP) is 3.92. The van der Waals surface area contributed by atoms with Crippen LogP contribution in [0, 0.1) is 0 Å². The third kappa shape index (κ3) is 4.16. The average molecular weight is 387 g/mol. The molecule has 0 amide bonds. The quantitative estimate of drug-likeness (QED) is 0.844. The first kappa shape index (κ1) is 17.8. The van der Waals surface area contributed by atoms with Gasteiger partial charge in [0.1, 0.15) is 16.2 Å². The molecule has 0 spiro atoms. The van der Waals surface area contributed by atoms with Crippen LogP contribution in [0.15, 0.2) is 30.3 Å². The van der Waals surface area contributed by atoms with E-state index in [0.717, 1.165) is 36.8 Å². The van der Waals surface area contributed by atoms with Gasteiger partial charge in [-0.15, -0.1) is 11.3 Å². The van der Waals surface area contributed by atoms with E-state index < -0.39 is 6.10 Å². The molecule has 1 aliphatic rings. The molecule has 130 valence electrons. The van der Waals surface area contributed by atoms with E-state index in [-0.39, 0.29) is 0 Å². The van der Waals surface area contributed by atoms with Crippen LogP contribution in [0.25, 0.3) is 0 Å². The summed E-state index contributed by atoms with van der Waals surface area (Å²) in [4.78, 5) is 5.44. The lowest BCUT2D eigenvalue weighted by atomic mass is 10.2. The largest absolute Gasteiger partial charge is 0.497 e. The number of methoxy groups -OCH3 is 1. The van der Waals surface area contributed by atoms with Gasteiger partial charge < -0.3 is 14.7 Å². The van der Waals surface area contributed by atoms with Gasteiger partial charge in [-0.1, -0.05) is 23.2 Å². The Bertz CT molecular complexity index is 650. The number of ether oxygens (including phenoxy) is 1. The van der Waals surface area contributed by atoms with Crippen molar-refractivity contribution >= 4 is 40.2 Å². The van der Waals surface area contributed by atoms with E-state index in [1.165, 1.54) is 17.0 Å². The van der Waals surface area contributed by atoms with E-state index in [4.69, 9.17) is 27.9 Å². The highest BCUT2D eigenvalue weighted by atomic mass is 35.5. The third-order valence-corrected chi connectivity index (χ3v) is 6.20. The Labute approximate surface area is 156 Å². The summed E-state index contributed by atoms with van der Waals surface area (Å²) >= 11 is 13.3. The molecule has 1 atom stereocenters. The van der Waals surface area contributed by atoms with E-state index in [1.54, 1.807) is 13.2 Å². The number of rotatable bonds is 5. The number of thiophene rings is 1. The van der Waals surface area contributed by atoms with Crippen molar-refractivity contribution in [2.45, 2.75) is 6.10 Å². The lowest BCUT2D eigenvalue weighted by molar-refractivity contribution is 0.112.